The minimum absolute atomic E-state index is 0.112. The number of rotatable bonds is 3. The molecule has 1 aromatic carbocycles. The summed E-state index contributed by atoms with van der Waals surface area (Å²) in [4.78, 5) is 4.51. The second-order valence-corrected chi connectivity index (χ2v) is 5.56. The highest BCUT2D eigenvalue weighted by molar-refractivity contribution is 5.84. The average Bonchev–Trinajstić information content (AvgIpc) is 2.92. The standard InChI is InChI=1S/C15H21N3O2/c1-9(2)20-13-6-4-5-12-14(13)17-15(16)18(12)11-7-8-19-10(11)3/h4-6,9-11H,7-8H2,1-3H3,(H2,16,17). The van der Waals surface area contributed by atoms with E-state index in [0.29, 0.717) is 5.95 Å². The van der Waals surface area contributed by atoms with Crippen LogP contribution in [-0.2, 0) is 4.74 Å². The van der Waals surface area contributed by atoms with Crippen molar-refractivity contribution in [3.8, 4) is 5.75 Å². The molecule has 2 aromatic rings. The van der Waals surface area contributed by atoms with E-state index in [2.05, 4.69) is 16.5 Å². The molecule has 3 rings (SSSR count). The molecule has 5 nitrogen and oxygen atoms in total. The lowest BCUT2D eigenvalue weighted by Crippen LogP contribution is -2.18. The maximum absolute atomic E-state index is 6.14. The number of anilines is 1. The molecule has 108 valence electrons. The Morgan fingerprint density at radius 3 is 2.90 bits per heavy atom. The number of hydrogen-bond acceptors (Lipinski definition) is 4. The Labute approximate surface area is 118 Å². The number of benzene rings is 1. The Hall–Kier alpha value is -1.75. The SMILES string of the molecule is CC(C)Oc1cccc2c1nc(N)n2C1CCOC1C. The third-order valence-corrected chi connectivity index (χ3v) is 3.74. The highest BCUT2D eigenvalue weighted by Gasteiger charge is 2.29. The zero-order valence-electron chi connectivity index (χ0n) is 12.2. The Balaban J connectivity index is 2.12. The Morgan fingerprint density at radius 2 is 2.25 bits per heavy atom. The number of nitrogens with two attached hydrogens (primary N) is 1. The molecule has 0 bridgehead atoms. The van der Waals surface area contributed by atoms with Crippen molar-refractivity contribution < 1.29 is 9.47 Å². The number of nitrogen functional groups attached to an aromatic ring is 1. The summed E-state index contributed by atoms with van der Waals surface area (Å²) < 4.78 is 13.6. The molecule has 1 aliphatic heterocycles. The van der Waals surface area contributed by atoms with Gasteiger partial charge in [-0.1, -0.05) is 6.07 Å². The molecule has 2 atom stereocenters. The van der Waals surface area contributed by atoms with Crippen molar-refractivity contribution in [3.63, 3.8) is 0 Å². The summed E-state index contributed by atoms with van der Waals surface area (Å²) in [5, 5.41) is 0. The zero-order chi connectivity index (χ0) is 14.3. The van der Waals surface area contributed by atoms with Crippen molar-refractivity contribution in [2.24, 2.45) is 0 Å². The van der Waals surface area contributed by atoms with Gasteiger partial charge in [-0.2, -0.15) is 0 Å². The highest BCUT2D eigenvalue weighted by atomic mass is 16.5. The fraction of sp³-hybridized carbons (Fsp3) is 0.533. The Kier molecular flexibility index (Phi) is 3.30. The van der Waals surface area contributed by atoms with E-state index >= 15 is 0 Å². The van der Waals surface area contributed by atoms with Gasteiger partial charge in [0.15, 0.2) is 0 Å². The molecule has 1 fully saturated rings. The number of hydrogen-bond donors (Lipinski definition) is 1. The van der Waals surface area contributed by atoms with Crippen molar-refractivity contribution in [2.45, 2.75) is 45.4 Å². The van der Waals surface area contributed by atoms with Gasteiger partial charge in [0, 0.05) is 6.61 Å². The predicted molar refractivity (Wildman–Crippen MR) is 79.0 cm³/mol. The van der Waals surface area contributed by atoms with E-state index in [-0.39, 0.29) is 18.2 Å². The first-order valence-electron chi connectivity index (χ1n) is 7.12. The minimum Gasteiger partial charge on any atom is -0.489 e. The summed E-state index contributed by atoms with van der Waals surface area (Å²) in [5.74, 6) is 1.32. The molecule has 0 amide bonds. The zero-order valence-corrected chi connectivity index (χ0v) is 12.2. The van der Waals surface area contributed by atoms with Gasteiger partial charge >= 0.3 is 0 Å². The number of imidazole rings is 1. The molecule has 2 heterocycles. The molecule has 0 aliphatic carbocycles. The Morgan fingerprint density at radius 1 is 1.45 bits per heavy atom. The third kappa shape index (κ3) is 2.12. The minimum atomic E-state index is 0.112. The summed E-state index contributed by atoms with van der Waals surface area (Å²) in [7, 11) is 0. The first kappa shape index (κ1) is 13.2. The van der Waals surface area contributed by atoms with E-state index in [1.807, 2.05) is 32.0 Å². The molecule has 5 heteroatoms. The molecule has 0 spiro atoms. The Bertz CT molecular complexity index is 621. The molecule has 2 N–H and O–H groups in total. The van der Waals surface area contributed by atoms with Crippen LogP contribution in [-0.4, -0.2) is 28.4 Å². The summed E-state index contributed by atoms with van der Waals surface area (Å²) in [6, 6.07) is 6.21. The van der Waals surface area contributed by atoms with Crippen LogP contribution in [0.25, 0.3) is 11.0 Å². The van der Waals surface area contributed by atoms with Crippen LogP contribution in [0.15, 0.2) is 18.2 Å². The van der Waals surface area contributed by atoms with Crippen LogP contribution in [0.3, 0.4) is 0 Å². The van der Waals surface area contributed by atoms with Crippen molar-refractivity contribution >= 4 is 17.0 Å². The van der Waals surface area contributed by atoms with Gasteiger partial charge in [0.05, 0.1) is 23.8 Å². The maximum Gasteiger partial charge on any atom is 0.201 e. The molecular formula is C15H21N3O2. The molecule has 2 unspecified atom stereocenters. The van der Waals surface area contributed by atoms with E-state index < -0.39 is 0 Å². The largest absolute Gasteiger partial charge is 0.489 e. The van der Waals surface area contributed by atoms with E-state index in [9.17, 15) is 0 Å². The van der Waals surface area contributed by atoms with Gasteiger partial charge in [0.2, 0.25) is 5.95 Å². The number of nitrogens with zero attached hydrogens (tertiary/aromatic N) is 2. The van der Waals surface area contributed by atoms with Gasteiger partial charge in [-0.15, -0.1) is 0 Å². The summed E-state index contributed by atoms with van der Waals surface area (Å²) in [6.07, 6.45) is 1.23. The predicted octanol–water partition coefficient (Wildman–Crippen LogP) is 2.76. The van der Waals surface area contributed by atoms with Crippen molar-refractivity contribution in [1.29, 1.82) is 0 Å². The molecule has 1 aliphatic rings. The van der Waals surface area contributed by atoms with Crippen LogP contribution in [0.2, 0.25) is 0 Å². The normalized spacial score (nSPS) is 22.8. The molecular weight excluding hydrogens is 254 g/mol. The van der Waals surface area contributed by atoms with Gasteiger partial charge in [0.25, 0.3) is 0 Å². The number of aromatic nitrogens is 2. The van der Waals surface area contributed by atoms with Gasteiger partial charge < -0.3 is 19.8 Å². The van der Waals surface area contributed by atoms with E-state index in [1.54, 1.807) is 0 Å². The van der Waals surface area contributed by atoms with E-state index in [0.717, 1.165) is 29.8 Å². The lowest BCUT2D eigenvalue weighted by molar-refractivity contribution is 0.109. The van der Waals surface area contributed by atoms with Crippen LogP contribution in [0.1, 0.15) is 33.2 Å². The number of ether oxygens (including phenoxy) is 2. The number of para-hydroxylation sites is 1. The van der Waals surface area contributed by atoms with Gasteiger partial charge in [-0.3, -0.25) is 0 Å². The van der Waals surface area contributed by atoms with Crippen LogP contribution < -0.4 is 10.5 Å². The first-order valence-corrected chi connectivity index (χ1v) is 7.12. The van der Waals surface area contributed by atoms with Crippen molar-refractivity contribution in [3.05, 3.63) is 18.2 Å². The molecule has 1 saturated heterocycles. The highest BCUT2D eigenvalue weighted by Crippen LogP contribution is 2.35. The second kappa shape index (κ2) is 4.98. The maximum atomic E-state index is 6.14. The first-order chi connectivity index (χ1) is 9.58. The molecule has 0 radical (unpaired) electrons. The molecule has 0 saturated carbocycles. The summed E-state index contributed by atoms with van der Waals surface area (Å²) in [6.45, 7) is 6.86. The quantitative estimate of drug-likeness (QED) is 0.935. The average molecular weight is 275 g/mol. The smallest absolute Gasteiger partial charge is 0.201 e. The van der Waals surface area contributed by atoms with E-state index in [1.165, 1.54) is 0 Å². The summed E-state index contributed by atoms with van der Waals surface area (Å²) in [5.41, 5.74) is 7.98. The topological polar surface area (TPSA) is 62.3 Å². The van der Waals surface area contributed by atoms with Gasteiger partial charge in [0.1, 0.15) is 11.3 Å². The van der Waals surface area contributed by atoms with Crippen molar-refractivity contribution in [1.82, 2.24) is 9.55 Å². The van der Waals surface area contributed by atoms with Crippen molar-refractivity contribution in [2.75, 3.05) is 12.3 Å². The van der Waals surface area contributed by atoms with Crippen LogP contribution >= 0.6 is 0 Å². The van der Waals surface area contributed by atoms with Crippen LogP contribution in [0.4, 0.5) is 5.95 Å². The summed E-state index contributed by atoms with van der Waals surface area (Å²) >= 11 is 0. The van der Waals surface area contributed by atoms with Gasteiger partial charge in [-0.25, -0.2) is 4.98 Å². The van der Waals surface area contributed by atoms with Crippen LogP contribution in [0, 0.1) is 0 Å². The van der Waals surface area contributed by atoms with Crippen LogP contribution in [0.5, 0.6) is 5.75 Å². The fourth-order valence-electron chi connectivity index (χ4n) is 2.87. The molecule has 1 aromatic heterocycles. The lowest BCUT2D eigenvalue weighted by atomic mass is 10.1. The lowest BCUT2D eigenvalue weighted by Gasteiger charge is -2.18. The monoisotopic (exact) mass is 275 g/mol. The fourth-order valence-corrected chi connectivity index (χ4v) is 2.87. The second-order valence-electron chi connectivity index (χ2n) is 5.56. The third-order valence-electron chi connectivity index (χ3n) is 3.74. The molecule has 20 heavy (non-hydrogen) atoms. The van der Waals surface area contributed by atoms with Gasteiger partial charge in [-0.05, 0) is 39.3 Å². The number of fused-ring (bicyclic) bond motifs is 1. The van der Waals surface area contributed by atoms with E-state index in [4.69, 9.17) is 15.2 Å².